The van der Waals surface area contributed by atoms with Crippen LogP contribution in [0.15, 0.2) is 48.5 Å². The van der Waals surface area contributed by atoms with E-state index < -0.39 is 0 Å². The molecule has 0 atom stereocenters. The fourth-order valence-electron chi connectivity index (χ4n) is 3.11. The van der Waals surface area contributed by atoms with Crippen molar-refractivity contribution in [1.82, 2.24) is 5.01 Å². The second-order valence-corrected chi connectivity index (χ2v) is 7.47. The summed E-state index contributed by atoms with van der Waals surface area (Å²) >= 11 is 0. The zero-order chi connectivity index (χ0) is 18.0. The minimum atomic E-state index is 0.125. The average Bonchev–Trinajstić information content (AvgIpc) is 2.95. The van der Waals surface area contributed by atoms with E-state index in [1.165, 1.54) is 5.56 Å². The van der Waals surface area contributed by atoms with Crippen LogP contribution in [0.4, 0.5) is 5.69 Å². The van der Waals surface area contributed by atoms with Crippen molar-refractivity contribution in [3.63, 3.8) is 0 Å². The highest BCUT2D eigenvalue weighted by Gasteiger charge is 2.29. The maximum Gasteiger partial charge on any atom is 0.243 e. The monoisotopic (exact) mass is 338 g/mol. The number of rotatable bonds is 4. The third-order valence-corrected chi connectivity index (χ3v) is 4.61. The molecule has 1 fully saturated rings. The van der Waals surface area contributed by atoms with Crippen LogP contribution in [0, 0.1) is 0 Å². The lowest BCUT2D eigenvalue weighted by molar-refractivity contribution is -0.128. The normalized spacial score (nSPS) is 15.0. The molecule has 0 bridgehead atoms. The van der Waals surface area contributed by atoms with Crippen LogP contribution < -0.4 is 9.75 Å². The summed E-state index contributed by atoms with van der Waals surface area (Å²) in [6.45, 7) is 7.89. The molecule has 4 nitrogen and oxygen atoms in total. The van der Waals surface area contributed by atoms with Gasteiger partial charge in [-0.2, -0.15) is 0 Å². The fourth-order valence-corrected chi connectivity index (χ4v) is 3.11. The molecular weight excluding hydrogens is 312 g/mol. The summed E-state index contributed by atoms with van der Waals surface area (Å²) in [5.74, 6) is 0.966. The number of hydrogen-bond donors (Lipinski definition) is 0. The van der Waals surface area contributed by atoms with Crippen LogP contribution in [0.3, 0.4) is 0 Å². The van der Waals surface area contributed by atoms with E-state index in [0.717, 1.165) is 23.5 Å². The van der Waals surface area contributed by atoms with Gasteiger partial charge in [-0.1, -0.05) is 45.0 Å². The van der Waals surface area contributed by atoms with Gasteiger partial charge < -0.3 is 4.74 Å². The molecule has 1 amide bonds. The van der Waals surface area contributed by atoms with Gasteiger partial charge >= 0.3 is 0 Å². The Morgan fingerprint density at radius 1 is 1.08 bits per heavy atom. The summed E-state index contributed by atoms with van der Waals surface area (Å²) < 4.78 is 5.29. The Morgan fingerprint density at radius 3 is 2.44 bits per heavy atom. The molecule has 0 unspecified atom stereocenters. The zero-order valence-electron chi connectivity index (χ0n) is 15.5. The van der Waals surface area contributed by atoms with Crippen molar-refractivity contribution >= 4 is 11.6 Å². The molecule has 0 spiro atoms. The second kappa shape index (κ2) is 6.79. The molecule has 3 rings (SSSR count). The Labute approximate surface area is 150 Å². The Kier molecular flexibility index (Phi) is 4.71. The molecule has 2 aromatic carbocycles. The predicted molar refractivity (Wildman–Crippen MR) is 101 cm³/mol. The van der Waals surface area contributed by atoms with Crippen LogP contribution in [-0.4, -0.2) is 24.6 Å². The van der Waals surface area contributed by atoms with Crippen molar-refractivity contribution in [1.29, 1.82) is 0 Å². The molecular formula is C21H26N2O2. The maximum atomic E-state index is 12.4. The van der Waals surface area contributed by atoms with Crippen molar-refractivity contribution in [3.05, 3.63) is 59.7 Å². The van der Waals surface area contributed by atoms with Crippen LogP contribution in [0.25, 0.3) is 0 Å². The number of nitrogens with zero attached hydrogens (tertiary/aromatic N) is 2. The van der Waals surface area contributed by atoms with Gasteiger partial charge in [0.15, 0.2) is 0 Å². The van der Waals surface area contributed by atoms with Gasteiger partial charge in [0.1, 0.15) is 5.75 Å². The number of hydrazine groups is 1. The number of benzene rings is 2. The topological polar surface area (TPSA) is 32.8 Å². The van der Waals surface area contributed by atoms with Gasteiger partial charge in [-0.05, 0) is 40.8 Å². The molecule has 4 heteroatoms. The number of ether oxygens (including phenoxy) is 1. The third kappa shape index (κ3) is 3.78. The van der Waals surface area contributed by atoms with Crippen LogP contribution in [-0.2, 0) is 16.8 Å². The smallest absolute Gasteiger partial charge is 0.243 e. The van der Waals surface area contributed by atoms with E-state index in [2.05, 4.69) is 50.0 Å². The lowest BCUT2D eigenvalue weighted by Crippen LogP contribution is -2.38. The lowest BCUT2D eigenvalue weighted by Gasteiger charge is -2.30. The van der Waals surface area contributed by atoms with Crippen LogP contribution in [0.5, 0.6) is 5.75 Å². The van der Waals surface area contributed by atoms with Gasteiger partial charge in [0.25, 0.3) is 0 Å². The molecule has 0 N–H and O–H groups in total. The summed E-state index contributed by atoms with van der Waals surface area (Å²) in [6.07, 6.45) is 0.547. The number of amides is 1. The molecule has 0 saturated carbocycles. The number of carbonyl (C=O) groups excluding carboxylic acids is 1. The van der Waals surface area contributed by atoms with Crippen molar-refractivity contribution < 1.29 is 9.53 Å². The fraction of sp³-hybridized carbons (Fsp3) is 0.381. The molecule has 2 aromatic rings. The minimum absolute atomic E-state index is 0.125. The molecule has 132 valence electrons. The summed E-state index contributed by atoms with van der Waals surface area (Å²) in [5.41, 5.74) is 3.54. The number of methoxy groups -OCH3 is 1. The van der Waals surface area contributed by atoms with E-state index in [9.17, 15) is 4.79 Å². The van der Waals surface area contributed by atoms with Crippen molar-refractivity contribution in [2.24, 2.45) is 0 Å². The van der Waals surface area contributed by atoms with Gasteiger partial charge in [-0.25, -0.2) is 5.01 Å². The van der Waals surface area contributed by atoms with Crippen molar-refractivity contribution in [3.8, 4) is 5.75 Å². The summed E-state index contributed by atoms with van der Waals surface area (Å²) in [4.78, 5) is 12.4. The summed E-state index contributed by atoms with van der Waals surface area (Å²) in [7, 11) is 1.66. The second-order valence-electron chi connectivity index (χ2n) is 7.47. The molecule has 1 aliphatic heterocycles. The van der Waals surface area contributed by atoms with Gasteiger partial charge in [0, 0.05) is 13.0 Å². The largest absolute Gasteiger partial charge is 0.497 e. The molecule has 0 aliphatic carbocycles. The zero-order valence-corrected chi connectivity index (χ0v) is 15.5. The van der Waals surface area contributed by atoms with Crippen LogP contribution in [0.1, 0.15) is 38.3 Å². The molecule has 0 radical (unpaired) electrons. The highest BCUT2D eigenvalue weighted by atomic mass is 16.5. The van der Waals surface area contributed by atoms with Crippen molar-refractivity contribution in [2.45, 2.75) is 39.2 Å². The third-order valence-electron chi connectivity index (χ3n) is 4.61. The Hall–Kier alpha value is -2.49. The van der Waals surface area contributed by atoms with Gasteiger partial charge in [-0.15, -0.1) is 0 Å². The lowest BCUT2D eigenvalue weighted by atomic mass is 9.87. The van der Waals surface area contributed by atoms with E-state index >= 15 is 0 Å². The summed E-state index contributed by atoms with van der Waals surface area (Å²) in [6, 6.07) is 16.4. The highest BCUT2D eigenvalue weighted by Crippen LogP contribution is 2.28. The Bertz CT molecular complexity index is 747. The van der Waals surface area contributed by atoms with Gasteiger partial charge in [0.2, 0.25) is 5.91 Å². The first-order valence-corrected chi connectivity index (χ1v) is 8.70. The van der Waals surface area contributed by atoms with Gasteiger partial charge in [0.05, 0.1) is 19.3 Å². The van der Waals surface area contributed by atoms with Crippen molar-refractivity contribution in [2.75, 3.05) is 18.7 Å². The summed E-state index contributed by atoms with van der Waals surface area (Å²) in [5, 5.41) is 3.91. The maximum absolute atomic E-state index is 12.4. The van der Waals surface area contributed by atoms with E-state index in [0.29, 0.717) is 13.0 Å². The van der Waals surface area contributed by atoms with E-state index in [-0.39, 0.29) is 11.3 Å². The first-order chi connectivity index (χ1) is 11.9. The van der Waals surface area contributed by atoms with E-state index in [1.54, 1.807) is 7.11 Å². The first-order valence-electron chi connectivity index (χ1n) is 8.70. The number of hydrogen-bond acceptors (Lipinski definition) is 3. The Morgan fingerprint density at radius 2 is 1.80 bits per heavy atom. The highest BCUT2D eigenvalue weighted by molar-refractivity contribution is 5.81. The van der Waals surface area contributed by atoms with Crippen LogP contribution in [0.2, 0.25) is 0 Å². The Balaban J connectivity index is 1.82. The predicted octanol–water partition coefficient (Wildman–Crippen LogP) is 4.15. The van der Waals surface area contributed by atoms with Gasteiger partial charge in [-0.3, -0.25) is 9.80 Å². The molecule has 1 aliphatic rings. The first kappa shape index (κ1) is 17.3. The molecule has 25 heavy (non-hydrogen) atoms. The minimum Gasteiger partial charge on any atom is -0.497 e. The quantitative estimate of drug-likeness (QED) is 0.840. The molecule has 0 aromatic heterocycles. The standard InChI is InChI=1S/C21H26N2O2/c1-21(2,3)17-8-10-18(11-9-17)22-13-12-20(24)23(22)15-16-6-5-7-19(14-16)25-4/h5-11,14H,12-13,15H2,1-4H3. The molecule has 1 heterocycles. The number of carbonyl (C=O) groups is 1. The van der Waals surface area contributed by atoms with E-state index in [4.69, 9.17) is 4.74 Å². The molecule has 1 saturated heterocycles. The average molecular weight is 338 g/mol. The van der Waals surface area contributed by atoms with Crippen LogP contribution >= 0.6 is 0 Å². The SMILES string of the molecule is COc1cccc(CN2C(=O)CCN2c2ccc(C(C)(C)C)cc2)c1. The van der Waals surface area contributed by atoms with E-state index in [1.807, 2.05) is 29.3 Å². The number of anilines is 1.